The second-order valence-electron chi connectivity index (χ2n) is 6.80. The van der Waals surface area contributed by atoms with Gasteiger partial charge in [0.2, 0.25) is 0 Å². The van der Waals surface area contributed by atoms with Crippen molar-refractivity contribution in [1.29, 1.82) is 0 Å². The van der Waals surface area contributed by atoms with E-state index in [1.54, 1.807) is 11.0 Å². The molecule has 27 heavy (non-hydrogen) atoms. The summed E-state index contributed by atoms with van der Waals surface area (Å²) >= 11 is 1.44. The normalized spacial score (nSPS) is 19.8. The van der Waals surface area contributed by atoms with Crippen molar-refractivity contribution in [2.45, 2.75) is 19.5 Å². The lowest BCUT2D eigenvalue weighted by Crippen LogP contribution is -2.40. The molecule has 2 aliphatic rings. The van der Waals surface area contributed by atoms with E-state index in [9.17, 15) is 9.59 Å². The summed E-state index contributed by atoms with van der Waals surface area (Å²) in [5.41, 5.74) is 1.49. The number of hydrogen-bond donors (Lipinski definition) is 0. The smallest absolute Gasteiger partial charge is 0.264 e. The molecule has 1 atom stereocenters. The predicted octanol–water partition coefficient (Wildman–Crippen LogP) is 2.64. The van der Waals surface area contributed by atoms with E-state index in [-0.39, 0.29) is 17.9 Å². The van der Waals surface area contributed by atoms with E-state index in [0.717, 1.165) is 11.3 Å². The van der Waals surface area contributed by atoms with E-state index >= 15 is 0 Å². The van der Waals surface area contributed by atoms with Crippen LogP contribution >= 0.6 is 11.3 Å². The highest BCUT2D eigenvalue weighted by molar-refractivity contribution is 7.12. The summed E-state index contributed by atoms with van der Waals surface area (Å²) < 4.78 is 11.2. The molecule has 0 saturated carbocycles. The Morgan fingerprint density at radius 3 is 2.70 bits per heavy atom. The predicted molar refractivity (Wildman–Crippen MR) is 102 cm³/mol. The van der Waals surface area contributed by atoms with Crippen LogP contribution in [0, 0.1) is 0 Å². The van der Waals surface area contributed by atoms with Gasteiger partial charge in [-0.1, -0.05) is 6.07 Å². The standard InChI is InChI=1S/C20H22N2O4S/c1-14-13-26-17-5-4-15(19(23)21-6-8-25-9-7-21)11-16(17)12-22(14)20(24)18-3-2-10-27-18/h2-5,10-11,14H,6-9,12-13H2,1H3/t14-/m0/s1. The Balaban J connectivity index is 1.59. The first kappa shape index (κ1) is 18.0. The monoisotopic (exact) mass is 386 g/mol. The van der Waals surface area contributed by atoms with Gasteiger partial charge >= 0.3 is 0 Å². The van der Waals surface area contributed by atoms with E-state index in [1.807, 2.05) is 41.5 Å². The largest absolute Gasteiger partial charge is 0.491 e. The van der Waals surface area contributed by atoms with Gasteiger partial charge < -0.3 is 19.3 Å². The SMILES string of the molecule is C[C@H]1COc2ccc(C(=O)N3CCOCC3)cc2CN1C(=O)c1cccs1. The molecule has 0 unspecified atom stereocenters. The van der Waals surface area contributed by atoms with E-state index < -0.39 is 0 Å². The summed E-state index contributed by atoms with van der Waals surface area (Å²) in [4.78, 5) is 30.0. The summed E-state index contributed by atoms with van der Waals surface area (Å²) in [5.74, 6) is 0.732. The van der Waals surface area contributed by atoms with Crippen molar-refractivity contribution in [2.75, 3.05) is 32.9 Å². The second-order valence-corrected chi connectivity index (χ2v) is 7.75. The number of nitrogens with zero attached hydrogens (tertiary/aromatic N) is 2. The summed E-state index contributed by atoms with van der Waals surface area (Å²) in [6.07, 6.45) is 0. The first-order valence-corrected chi connectivity index (χ1v) is 9.98. The molecule has 2 aliphatic heterocycles. The third kappa shape index (κ3) is 3.70. The molecular formula is C20H22N2O4S. The molecule has 6 nitrogen and oxygen atoms in total. The second kappa shape index (κ2) is 7.70. The molecule has 0 N–H and O–H groups in total. The molecule has 2 aromatic rings. The van der Waals surface area contributed by atoms with Crippen molar-refractivity contribution in [3.63, 3.8) is 0 Å². The van der Waals surface area contributed by atoms with Crippen LogP contribution in [0.2, 0.25) is 0 Å². The number of thiophene rings is 1. The Kier molecular flexibility index (Phi) is 5.13. The van der Waals surface area contributed by atoms with E-state index in [4.69, 9.17) is 9.47 Å². The number of hydrogen-bond acceptors (Lipinski definition) is 5. The van der Waals surface area contributed by atoms with Crippen LogP contribution in [0.4, 0.5) is 0 Å². The maximum absolute atomic E-state index is 12.9. The van der Waals surface area contributed by atoms with Gasteiger partial charge in [-0.25, -0.2) is 0 Å². The zero-order chi connectivity index (χ0) is 18.8. The molecule has 142 valence electrons. The number of fused-ring (bicyclic) bond motifs is 1. The fourth-order valence-electron chi connectivity index (χ4n) is 3.38. The fraction of sp³-hybridized carbons (Fsp3) is 0.400. The number of carbonyl (C=O) groups is 2. The van der Waals surface area contributed by atoms with Crippen molar-refractivity contribution in [3.8, 4) is 5.75 Å². The summed E-state index contributed by atoms with van der Waals surface area (Å²) in [6, 6.07) is 9.17. The average Bonchev–Trinajstić information content (AvgIpc) is 3.19. The molecule has 0 aliphatic carbocycles. The first-order valence-electron chi connectivity index (χ1n) is 9.10. The van der Waals surface area contributed by atoms with Crippen LogP contribution in [0.1, 0.15) is 32.5 Å². The topological polar surface area (TPSA) is 59.1 Å². The minimum Gasteiger partial charge on any atom is -0.491 e. The molecule has 0 spiro atoms. The lowest BCUT2D eigenvalue weighted by atomic mass is 10.1. The minimum absolute atomic E-state index is 0.00106. The molecule has 1 aromatic heterocycles. The Morgan fingerprint density at radius 1 is 1.15 bits per heavy atom. The van der Waals surface area contributed by atoms with E-state index in [0.29, 0.717) is 49.9 Å². The highest BCUT2D eigenvalue weighted by atomic mass is 32.1. The number of benzene rings is 1. The summed E-state index contributed by atoms with van der Waals surface area (Å²) in [6.45, 7) is 5.19. The van der Waals surface area contributed by atoms with Gasteiger partial charge in [0.05, 0.1) is 30.7 Å². The number of amides is 2. The van der Waals surface area contributed by atoms with Gasteiger partial charge in [-0.2, -0.15) is 0 Å². The number of morpholine rings is 1. The molecule has 0 radical (unpaired) electrons. The molecule has 0 bridgehead atoms. The minimum atomic E-state index is -0.0506. The Bertz CT molecular complexity index is 831. The van der Waals surface area contributed by atoms with Crippen LogP contribution in [0.5, 0.6) is 5.75 Å². The van der Waals surface area contributed by atoms with Crippen LogP contribution in [0.3, 0.4) is 0 Å². The maximum atomic E-state index is 12.9. The van der Waals surface area contributed by atoms with Crippen LogP contribution in [0.25, 0.3) is 0 Å². The molecular weight excluding hydrogens is 364 g/mol. The Morgan fingerprint density at radius 2 is 1.96 bits per heavy atom. The molecule has 1 aromatic carbocycles. The average molecular weight is 386 g/mol. The Hall–Kier alpha value is -2.38. The lowest BCUT2D eigenvalue weighted by molar-refractivity contribution is 0.0303. The number of carbonyl (C=O) groups excluding carboxylic acids is 2. The third-order valence-corrected chi connectivity index (χ3v) is 5.81. The third-order valence-electron chi connectivity index (χ3n) is 4.95. The first-order chi connectivity index (χ1) is 13.1. The molecule has 4 rings (SSSR count). The maximum Gasteiger partial charge on any atom is 0.264 e. The van der Waals surface area contributed by atoms with Crippen molar-refractivity contribution in [3.05, 3.63) is 51.7 Å². The quantitative estimate of drug-likeness (QED) is 0.796. The van der Waals surface area contributed by atoms with Gasteiger partial charge in [0.25, 0.3) is 11.8 Å². The van der Waals surface area contributed by atoms with Gasteiger partial charge in [-0.15, -0.1) is 11.3 Å². The van der Waals surface area contributed by atoms with Gasteiger partial charge in [-0.05, 0) is 36.6 Å². The summed E-state index contributed by atoms with van der Waals surface area (Å²) in [5, 5.41) is 1.90. The van der Waals surface area contributed by atoms with Gasteiger partial charge in [0.1, 0.15) is 12.4 Å². The zero-order valence-corrected chi connectivity index (χ0v) is 16.0. The van der Waals surface area contributed by atoms with Crippen molar-refractivity contribution < 1.29 is 19.1 Å². The van der Waals surface area contributed by atoms with Crippen LogP contribution in [-0.2, 0) is 11.3 Å². The summed E-state index contributed by atoms with van der Waals surface area (Å²) in [7, 11) is 0. The van der Waals surface area contributed by atoms with E-state index in [2.05, 4.69) is 0 Å². The molecule has 7 heteroatoms. The number of rotatable bonds is 2. The van der Waals surface area contributed by atoms with Crippen LogP contribution < -0.4 is 4.74 Å². The van der Waals surface area contributed by atoms with Gasteiger partial charge in [0.15, 0.2) is 0 Å². The van der Waals surface area contributed by atoms with Crippen molar-refractivity contribution in [1.82, 2.24) is 9.80 Å². The van der Waals surface area contributed by atoms with Crippen LogP contribution in [0.15, 0.2) is 35.7 Å². The fourth-order valence-corrected chi connectivity index (χ4v) is 4.06. The van der Waals surface area contributed by atoms with Gasteiger partial charge in [-0.3, -0.25) is 9.59 Å². The number of ether oxygens (including phenoxy) is 2. The van der Waals surface area contributed by atoms with Crippen LogP contribution in [-0.4, -0.2) is 60.6 Å². The molecule has 3 heterocycles. The molecule has 1 saturated heterocycles. The van der Waals surface area contributed by atoms with Crippen molar-refractivity contribution in [2.24, 2.45) is 0 Å². The highest BCUT2D eigenvalue weighted by Crippen LogP contribution is 2.28. The molecule has 2 amide bonds. The Labute approximate surface area is 162 Å². The zero-order valence-electron chi connectivity index (χ0n) is 15.2. The lowest BCUT2D eigenvalue weighted by Gasteiger charge is -2.27. The highest BCUT2D eigenvalue weighted by Gasteiger charge is 2.28. The molecule has 1 fully saturated rings. The van der Waals surface area contributed by atoms with Crippen molar-refractivity contribution >= 4 is 23.2 Å². The van der Waals surface area contributed by atoms with Gasteiger partial charge in [0, 0.05) is 24.2 Å². The van der Waals surface area contributed by atoms with E-state index in [1.165, 1.54) is 11.3 Å².